The Labute approximate surface area is 258 Å². The molecule has 1 saturated heterocycles. The quantitative estimate of drug-likeness (QED) is 0.190. The molecule has 3 aromatic carbocycles. The molecular weight excluding hydrogens is 554 g/mol. The highest BCUT2D eigenvalue weighted by molar-refractivity contribution is 7.15. The van der Waals surface area contributed by atoms with Gasteiger partial charge in [0.1, 0.15) is 18.1 Å². The molecule has 4 aromatic rings. The number of rotatable bonds is 10. The SMILES string of the molecule is Cc1ccc(-c2ccc(/C(=C/COc3ccc(OC(C)C(=O)O)c(C)c3)c3ccc(C#CCN4CCCC4)cc3)cc2)s1. The first-order chi connectivity index (χ1) is 20.9. The van der Waals surface area contributed by atoms with Crippen molar-refractivity contribution < 1.29 is 19.4 Å². The molecule has 5 nitrogen and oxygen atoms in total. The molecule has 1 unspecified atom stereocenters. The normalized spacial score (nSPS) is 14.2. The van der Waals surface area contributed by atoms with E-state index in [1.54, 1.807) is 23.5 Å². The van der Waals surface area contributed by atoms with E-state index < -0.39 is 12.1 Å². The van der Waals surface area contributed by atoms with Crippen molar-refractivity contribution in [3.05, 3.63) is 112 Å². The van der Waals surface area contributed by atoms with E-state index in [0.29, 0.717) is 18.1 Å². The summed E-state index contributed by atoms with van der Waals surface area (Å²) in [5, 5.41) is 9.15. The summed E-state index contributed by atoms with van der Waals surface area (Å²) in [6, 6.07) is 26.9. The maximum Gasteiger partial charge on any atom is 0.344 e. The van der Waals surface area contributed by atoms with Crippen LogP contribution < -0.4 is 9.47 Å². The van der Waals surface area contributed by atoms with E-state index in [9.17, 15) is 4.79 Å². The highest BCUT2D eigenvalue weighted by Crippen LogP contribution is 2.31. The molecule has 0 saturated carbocycles. The molecular formula is C37H37NO4S. The Balaban J connectivity index is 1.34. The second kappa shape index (κ2) is 14.2. The summed E-state index contributed by atoms with van der Waals surface area (Å²) in [4.78, 5) is 16.1. The number of hydrogen-bond acceptors (Lipinski definition) is 5. The average Bonchev–Trinajstić information content (AvgIpc) is 3.69. The smallest absolute Gasteiger partial charge is 0.344 e. The van der Waals surface area contributed by atoms with Crippen LogP contribution >= 0.6 is 11.3 Å². The third kappa shape index (κ3) is 8.16. The van der Waals surface area contributed by atoms with Crippen molar-refractivity contribution in [2.24, 2.45) is 0 Å². The van der Waals surface area contributed by atoms with Crippen molar-refractivity contribution in [1.82, 2.24) is 4.90 Å². The van der Waals surface area contributed by atoms with Gasteiger partial charge in [0.15, 0.2) is 6.10 Å². The molecule has 2 heterocycles. The van der Waals surface area contributed by atoms with Crippen molar-refractivity contribution in [3.8, 4) is 33.8 Å². The Morgan fingerprint density at radius 3 is 2.30 bits per heavy atom. The van der Waals surface area contributed by atoms with E-state index in [1.165, 1.54) is 35.1 Å². The first kappa shape index (κ1) is 30.2. The number of hydrogen-bond donors (Lipinski definition) is 1. The van der Waals surface area contributed by atoms with Crippen LogP contribution in [-0.4, -0.2) is 48.3 Å². The Bertz CT molecular complexity index is 1630. The van der Waals surface area contributed by atoms with Gasteiger partial charge in [0.25, 0.3) is 0 Å². The largest absolute Gasteiger partial charge is 0.489 e. The van der Waals surface area contributed by atoms with Crippen LogP contribution in [0.2, 0.25) is 0 Å². The molecule has 5 rings (SSSR count). The van der Waals surface area contributed by atoms with Crippen LogP contribution in [0.1, 0.15) is 46.9 Å². The Morgan fingerprint density at radius 1 is 0.977 bits per heavy atom. The number of carboxylic acids is 1. The average molecular weight is 592 g/mol. The molecule has 6 heteroatoms. The van der Waals surface area contributed by atoms with Gasteiger partial charge in [0.05, 0.1) is 6.54 Å². The van der Waals surface area contributed by atoms with Crippen LogP contribution in [0.5, 0.6) is 11.5 Å². The standard InChI is InChI=1S/C37H37NO4S/c1-26-25-33(17-18-35(26)42-28(3)37(39)40)41-24-20-34(31-13-15-32(16-14-31)36-19-8-27(2)43-36)30-11-9-29(10-12-30)7-6-23-38-21-4-5-22-38/h8-20,25,28H,4-5,21-24H2,1-3H3,(H,39,40)/b34-20+. The monoisotopic (exact) mass is 591 g/mol. The summed E-state index contributed by atoms with van der Waals surface area (Å²) < 4.78 is 11.7. The van der Waals surface area contributed by atoms with Crippen LogP contribution in [0.25, 0.3) is 16.0 Å². The second-order valence-electron chi connectivity index (χ2n) is 10.8. The first-order valence-corrected chi connectivity index (χ1v) is 15.5. The van der Waals surface area contributed by atoms with Crippen molar-refractivity contribution in [3.63, 3.8) is 0 Å². The lowest BCUT2D eigenvalue weighted by Gasteiger charge is -2.14. The molecule has 1 aromatic heterocycles. The molecule has 1 aliphatic heterocycles. The van der Waals surface area contributed by atoms with Gasteiger partial charge in [0.2, 0.25) is 0 Å². The maximum absolute atomic E-state index is 11.2. The van der Waals surface area contributed by atoms with Crippen LogP contribution in [0.4, 0.5) is 0 Å². The maximum atomic E-state index is 11.2. The van der Waals surface area contributed by atoms with E-state index in [2.05, 4.69) is 90.4 Å². The molecule has 1 N–H and O–H groups in total. The van der Waals surface area contributed by atoms with Gasteiger partial charge in [-0.15, -0.1) is 11.3 Å². The van der Waals surface area contributed by atoms with Gasteiger partial charge < -0.3 is 14.6 Å². The zero-order valence-corrected chi connectivity index (χ0v) is 25.7. The minimum absolute atomic E-state index is 0.365. The number of thiophene rings is 1. The van der Waals surface area contributed by atoms with Crippen molar-refractivity contribution in [2.45, 2.75) is 39.7 Å². The third-order valence-corrected chi connectivity index (χ3v) is 8.54. The van der Waals surface area contributed by atoms with Crippen molar-refractivity contribution >= 4 is 22.9 Å². The number of aryl methyl sites for hydroxylation is 2. The van der Waals surface area contributed by atoms with Crippen LogP contribution in [0, 0.1) is 25.7 Å². The highest BCUT2D eigenvalue weighted by atomic mass is 32.1. The Hall–Kier alpha value is -4.31. The molecule has 43 heavy (non-hydrogen) atoms. The van der Waals surface area contributed by atoms with Crippen LogP contribution in [0.15, 0.2) is 84.9 Å². The summed E-state index contributed by atoms with van der Waals surface area (Å²) >= 11 is 1.80. The van der Waals surface area contributed by atoms with E-state index >= 15 is 0 Å². The lowest BCUT2D eigenvalue weighted by molar-refractivity contribution is -0.144. The summed E-state index contributed by atoms with van der Waals surface area (Å²) in [5.74, 6) is 6.87. The predicted octanol–water partition coefficient (Wildman–Crippen LogP) is 7.84. The summed E-state index contributed by atoms with van der Waals surface area (Å²) in [6.45, 7) is 9.01. The number of ether oxygens (including phenoxy) is 2. The van der Waals surface area contributed by atoms with E-state index in [0.717, 1.165) is 47.5 Å². The topological polar surface area (TPSA) is 59.0 Å². The van der Waals surface area contributed by atoms with Crippen LogP contribution in [-0.2, 0) is 4.79 Å². The number of carbonyl (C=O) groups is 1. The fraction of sp³-hybridized carbons (Fsp3) is 0.270. The fourth-order valence-electron chi connectivity index (χ4n) is 5.04. The number of likely N-dealkylation sites (tertiary alicyclic amines) is 1. The molecule has 220 valence electrons. The highest BCUT2D eigenvalue weighted by Gasteiger charge is 2.14. The Morgan fingerprint density at radius 2 is 1.67 bits per heavy atom. The zero-order chi connectivity index (χ0) is 30.2. The lowest BCUT2D eigenvalue weighted by Crippen LogP contribution is -2.23. The number of benzene rings is 3. The number of nitrogens with zero attached hydrogens (tertiary/aromatic N) is 1. The number of carboxylic acid groups (broad SMARTS) is 1. The molecule has 0 bridgehead atoms. The minimum atomic E-state index is -1.00. The molecule has 1 atom stereocenters. The summed E-state index contributed by atoms with van der Waals surface area (Å²) in [7, 11) is 0. The first-order valence-electron chi connectivity index (χ1n) is 14.7. The Kier molecular flexibility index (Phi) is 9.99. The number of aliphatic carboxylic acids is 1. The van der Waals surface area contributed by atoms with Gasteiger partial charge in [-0.2, -0.15) is 0 Å². The van der Waals surface area contributed by atoms with E-state index in [-0.39, 0.29) is 0 Å². The van der Waals surface area contributed by atoms with E-state index in [1.807, 2.05) is 13.0 Å². The van der Waals surface area contributed by atoms with Crippen molar-refractivity contribution in [1.29, 1.82) is 0 Å². The fourth-order valence-corrected chi connectivity index (χ4v) is 5.91. The van der Waals surface area contributed by atoms with Gasteiger partial charge >= 0.3 is 5.97 Å². The molecule has 0 radical (unpaired) electrons. The molecule has 0 aliphatic carbocycles. The lowest BCUT2D eigenvalue weighted by atomic mass is 9.95. The molecule has 0 amide bonds. The van der Waals surface area contributed by atoms with Gasteiger partial charge in [-0.05, 0) is 123 Å². The van der Waals surface area contributed by atoms with Gasteiger partial charge in [-0.25, -0.2) is 4.79 Å². The van der Waals surface area contributed by atoms with Gasteiger partial charge in [-0.1, -0.05) is 48.2 Å². The summed E-state index contributed by atoms with van der Waals surface area (Å²) in [5.41, 5.74) is 6.31. The van der Waals surface area contributed by atoms with Crippen molar-refractivity contribution in [2.75, 3.05) is 26.2 Å². The van der Waals surface area contributed by atoms with Crippen LogP contribution in [0.3, 0.4) is 0 Å². The van der Waals surface area contributed by atoms with E-state index in [4.69, 9.17) is 14.6 Å². The zero-order valence-electron chi connectivity index (χ0n) is 24.9. The molecule has 0 spiro atoms. The molecule has 1 fully saturated rings. The second-order valence-corrected chi connectivity index (χ2v) is 12.1. The minimum Gasteiger partial charge on any atom is -0.489 e. The predicted molar refractivity (Wildman–Crippen MR) is 175 cm³/mol. The molecule has 1 aliphatic rings. The third-order valence-electron chi connectivity index (χ3n) is 7.49. The van der Waals surface area contributed by atoms with Gasteiger partial charge in [0, 0.05) is 15.3 Å². The van der Waals surface area contributed by atoms with Gasteiger partial charge in [-0.3, -0.25) is 4.90 Å². The summed E-state index contributed by atoms with van der Waals surface area (Å²) in [6.07, 6.45) is 3.72.